The van der Waals surface area contributed by atoms with E-state index in [2.05, 4.69) is 0 Å². The van der Waals surface area contributed by atoms with Crippen molar-refractivity contribution in [2.75, 3.05) is 0 Å². The van der Waals surface area contributed by atoms with Gasteiger partial charge < -0.3 is 5.11 Å². The van der Waals surface area contributed by atoms with Gasteiger partial charge in [-0.2, -0.15) is 8.42 Å². The monoisotopic (exact) mass is 220 g/mol. The summed E-state index contributed by atoms with van der Waals surface area (Å²) in [5.74, 6) is -1.15. The molecule has 0 spiro atoms. The van der Waals surface area contributed by atoms with E-state index >= 15 is 0 Å². The Morgan fingerprint density at radius 3 is 2.50 bits per heavy atom. The Hall–Kier alpha value is -1.17. The first kappa shape index (κ1) is 10.9. The second kappa shape index (κ2) is 3.20. The molecular formula is C8H9FO4S. The molecule has 6 heteroatoms. The highest BCUT2D eigenvalue weighted by molar-refractivity contribution is 7.88. The third kappa shape index (κ3) is 1.84. The molecule has 1 aliphatic carbocycles. The van der Waals surface area contributed by atoms with E-state index in [-0.39, 0.29) is 12.0 Å². The molecule has 1 aliphatic rings. The highest BCUT2D eigenvalue weighted by Gasteiger charge is 2.38. The Bertz CT molecular complexity index is 421. The lowest BCUT2D eigenvalue weighted by Crippen LogP contribution is -2.31. The largest absolute Gasteiger partial charge is 0.478 e. The second-order valence-corrected chi connectivity index (χ2v) is 5.06. The average molecular weight is 220 g/mol. The van der Waals surface area contributed by atoms with Crippen molar-refractivity contribution < 1.29 is 22.2 Å². The highest BCUT2D eigenvalue weighted by Crippen LogP contribution is 2.29. The summed E-state index contributed by atoms with van der Waals surface area (Å²) < 4.78 is 32.5. The fraction of sp³-hybridized carbons (Fsp3) is 0.375. The number of hydrogen-bond donors (Lipinski definition) is 1. The summed E-state index contributed by atoms with van der Waals surface area (Å²) in [6.45, 7) is 1.20. The molecule has 0 heterocycles. The maximum atomic E-state index is 12.7. The van der Waals surface area contributed by atoms with Crippen LogP contribution in [0.25, 0.3) is 0 Å². The minimum Gasteiger partial charge on any atom is -0.478 e. The SMILES string of the molecule is CC1(S(=O)(=O)F)C=CC(C(=O)O)=CC1. The van der Waals surface area contributed by atoms with Gasteiger partial charge in [0.1, 0.15) is 4.75 Å². The van der Waals surface area contributed by atoms with Crippen LogP contribution < -0.4 is 0 Å². The Labute approximate surface area is 81.0 Å². The molecule has 14 heavy (non-hydrogen) atoms. The van der Waals surface area contributed by atoms with E-state index in [4.69, 9.17) is 5.11 Å². The van der Waals surface area contributed by atoms with Gasteiger partial charge in [-0.05, 0) is 13.3 Å². The Kier molecular flexibility index (Phi) is 2.49. The first-order valence-electron chi connectivity index (χ1n) is 3.83. The van der Waals surface area contributed by atoms with Crippen molar-refractivity contribution in [3.05, 3.63) is 23.8 Å². The van der Waals surface area contributed by atoms with Gasteiger partial charge in [-0.3, -0.25) is 0 Å². The summed E-state index contributed by atoms with van der Waals surface area (Å²) in [4.78, 5) is 10.5. The van der Waals surface area contributed by atoms with Crippen LogP contribution >= 0.6 is 0 Å². The van der Waals surface area contributed by atoms with E-state index in [1.54, 1.807) is 0 Å². The van der Waals surface area contributed by atoms with Crippen LogP contribution in [0.4, 0.5) is 3.89 Å². The highest BCUT2D eigenvalue weighted by atomic mass is 32.3. The molecule has 1 rings (SSSR count). The molecule has 0 saturated carbocycles. The molecule has 1 N–H and O–H groups in total. The maximum absolute atomic E-state index is 12.7. The third-order valence-corrected chi connectivity index (χ3v) is 3.56. The zero-order valence-electron chi connectivity index (χ0n) is 7.40. The van der Waals surface area contributed by atoms with Crippen molar-refractivity contribution in [3.8, 4) is 0 Å². The van der Waals surface area contributed by atoms with Crippen LogP contribution in [0.15, 0.2) is 23.8 Å². The molecule has 0 aliphatic heterocycles. The number of aliphatic carboxylic acids is 1. The second-order valence-electron chi connectivity index (χ2n) is 3.25. The van der Waals surface area contributed by atoms with Crippen molar-refractivity contribution in [3.63, 3.8) is 0 Å². The minimum absolute atomic E-state index is 0.0221. The summed E-state index contributed by atoms with van der Waals surface area (Å²) in [6, 6.07) is 0. The molecule has 0 fully saturated rings. The van der Waals surface area contributed by atoms with Crippen molar-refractivity contribution in [1.29, 1.82) is 0 Å². The molecule has 0 saturated heterocycles. The molecule has 4 nitrogen and oxygen atoms in total. The summed E-state index contributed by atoms with van der Waals surface area (Å²) in [5, 5.41) is 8.55. The van der Waals surface area contributed by atoms with Gasteiger partial charge in [0.25, 0.3) is 0 Å². The lowest BCUT2D eigenvalue weighted by molar-refractivity contribution is -0.132. The van der Waals surface area contributed by atoms with Gasteiger partial charge in [0.2, 0.25) is 0 Å². The molecular weight excluding hydrogens is 211 g/mol. The predicted molar refractivity (Wildman–Crippen MR) is 47.9 cm³/mol. The fourth-order valence-electron chi connectivity index (χ4n) is 1.05. The normalized spacial score (nSPS) is 27.1. The first-order valence-corrected chi connectivity index (χ1v) is 5.21. The number of carbonyl (C=O) groups is 1. The van der Waals surface area contributed by atoms with Crippen LogP contribution in [0, 0.1) is 0 Å². The lowest BCUT2D eigenvalue weighted by Gasteiger charge is -2.22. The van der Waals surface area contributed by atoms with Crippen molar-refractivity contribution >= 4 is 16.2 Å². The zero-order valence-corrected chi connectivity index (χ0v) is 8.21. The number of rotatable bonds is 2. The van der Waals surface area contributed by atoms with Gasteiger partial charge in [-0.1, -0.05) is 18.2 Å². The van der Waals surface area contributed by atoms with Crippen LogP contribution in [0.5, 0.6) is 0 Å². The van der Waals surface area contributed by atoms with Crippen molar-refractivity contribution in [2.24, 2.45) is 0 Å². The van der Waals surface area contributed by atoms with Crippen molar-refractivity contribution in [2.45, 2.75) is 18.1 Å². The summed E-state index contributed by atoms with van der Waals surface area (Å²) in [7, 11) is -4.70. The zero-order chi connectivity index (χ0) is 11.0. The smallest absolute Gasteiger partial charge is 0.335 e. The first-order chi connectivity index (χ1) is 6.26. The molecule has 0 radical (unpaired) electrons. The third-order valence-electron chi connectivity index (χ3n) is 2.15. The van der Waals surface area contributed by atoms with Gasteiger partial charge in [-0.15, -0.1) is 3.89 Å². The maximum Gasteiger partial charge on any atom is 0.335 e. The summed E-state index contributed by atoms with van der Waals surface area (Å²) >= 11 is 0. The topological polar surface area (TPSA) is 71.4 Å². The summed E-state index contributed by atoms with van der Waals surface area (Å²) in [5.41, 5.74) is -0.0221. The van der Waals surface area contributed by atoms with Crippen molar-refractivity contribution in [1.82, 2.24) is 0 Å². The van der Waals surface area contributed by atoms with Gasteiger partial charge in [0.15, 0.2) is 0 Å². The van der Waals surface area contributed by atoms with E-state index in [9.17, 15) is 17.1 Å². The fourth-order valence-corrected chi connectivity index (χ4v) is 1.57. The summed E-state index contributed by atoms with van der Waals surface area (Å²) in [6.07, 6.45) is 3.19. The minimum atomic E-state index is -4.70. The number of carboxylic acids is 1. The number of halogens is 1. The quantitative estimate of drug-likeness (QED) is 0.705. The lowest BCUT2D eigenvalue weighted by atomic mass is 9.98. The van der Waals surface area contributed by atoms with Crippen LogP contribution in [0.3, 0.4) is 0 Å². The van der Waals surface area contributed by atoms with E-state index < -0.39 is 20.9 Å². The average Bonchev–Trinajstić information content (AvgIpc) is 2.03. The molecule has 0 aromatic carbocycles. The van der Waals surface area contributed by atoms with E-state index in [1.807, 2.05) is 0 Å². The van der Waals surface area contributed by atoms with E-state index in [0.29, 0.717) is 0 Å². The van der Waals surface area contributed by atoms with Gasteiger partial charge in [0.05, 0.1) is 5.57 Å². The van der Waals surface area contributed by atoms with Crippen LogP contribution in [-0.2, 0) is 15.0 Å². The molecule has 0 aromatic heterocycles. The van der Waals surface area contributed by atoms with E-state index in [0.717, 1.165) is 12.2 Å². The number of allylic oxidation sites excluding steroid dienone is 1. The Morgan fingerprint density at radius 1 is 1.64 bits per heavy atom. The molecule has 0 aromatic rings. The molecule has 1 atom stereocenters. The standard InChI is InChI=1S/C8H9FO4S/c1-8(14(9,12)13)4-2-6(3-5-8)7(10)11/h2-4H,5H2,1H3,(H,10,11). The van der Waals surface area contributed by atoms with Gasteiger partial charge >= 0.3 is 16.2 Å². The van der Waals surface area contributed by atoms with Crippen LogP contribution in [0.1, 0.15) is 13.3 Å². The van der Waals surface area contributed by atoms with Crippen LogP contribution in [-0.4, -0.2) is 24.2 Å². The van der Waals surface area contributed by atoms with Crippen LogP contribution in [0.2, 0.25) is 0 Å². The van der Waals surface area contributed by atoms with Gasteiger partial charge in [0, 0.05) is 0 Å². The predicted octanol–water partition coefficient (Wildman–Crippen LogP) is 1.02. The molecule has 0 bridgehead atoms. The van der Waals surface area contributed by atoms with Gasteiger partial charge in [-0.25, -0.2) is 4.79 Å². The number of carboxylic acid groups (broad SMARTS) is 1. The number of hydrogen-bond acceptors (Lipinski definition) is 3. The molecule has 78 valence electrons. The Balaban J connectivity index is 3.00. The molecule has 1 unspecified atom stereocenters. The molecule has 0 amide bonds. The van der Waals surface area contributed by atoms with E-state index in [1.165, 1.54) is 13.0 Å². The Morgan fingerprint density at radius 2 is 2.21 bits per heavy atom.